The molecule has 0 heterocycles. The van der Waals surface area contributed by atoms with Crippen molar-refractivity contribution in [2.45, 2.75) is 33.1 Å². The predicted molar refractivity (Wildman–Crippen MR) is 67.1 cm³/mol. The Balaban J connectivity index is 1.90. The molecule has 1 N–H and O–H groups in total. The van der Waals surface area contributed by atoms with Crippen molar-refractivity contribution in [3.05, 3.63) is 12.2 Å². The summed E-state index contributed by atoms with van der Waals surface area (Å²) in [6.07, 6.45) is 8.68. The lowest BCUT2D eigenvalue weighted by molar-refractivity contribution is 0.301. The first-order valence-corrected chi connectivity index (χ1v) is 6.46. The van der Waals surface area contributed by atoms with Gasteiger partial charge in [-0.25, -0.2) is 0 Å². The summed E-state index contributed by atoms with van der Waals surface area (Å²) in [6.45, 7) is 10.3. The molecule has 1 rings (SSSR count). The molecule has 0 fully saturated rings. The molecule has 0 aliphatic heterocycles. The molecule has 0 bridgehead atoms. The lowest BCUT2D eigenvalue weighted by Crippen LogP contribution is -2.32. The average Bonchev–Trinajstić information content (AvgIpc) is 2.76. The van der Waals surface area contributed by atoms with Crippen LogP contribution in [0.5, 0.6) is 0 Å². The van der Waals surface area contributed by atoms with Crippen molar-refractivity contribution in [3.8, 4) is 0 Å². The fourth-order valence-electron chi connectivity index (χ4n) is 2.13. The van der Waals surface area contributed by atoms with Gasteiger partial charge in [-0.2, -0.15) is 0 Å². The van der Waals surface area contributed by atoms with Gasteiger partial charge in [0.25, 0.3) is 0 Å². The van der Waals surface area contributed by atoms with E-state index in [9.17, 15) is 0 Å². The Morgan fingerprint density at radius 3 is 2.67 bits per heavy atom. The van der Waals surface area contributed by atoms with E-state index in [-0.39, 0.29) is 0 Å². The monoisotopic (exact) mass is 210 g/mol. The Hall–Kier alpha value is -0.340. The molecule has 0 radical (unpaired) electrons. The van der Waals surface area contributed by atoms with E-state index in [2.05, 4.69) is 36.2 Å². The van der Waals surface area contributed by atoms with Crippen molar-refractivity contribution in [1.29, 1.82) is 0 Å². The minimum atomic E-state index is 0.853. The second-order valence-electron chi connectivity index (χ2n) is 4.33. The maximum absolute atomic E-state index is 3.54. The Bertz CT molecular complexity index is 173. The van der Waals surface area contributed by atoms with Crippen LogP contribution in [0.1, 0.15) is 33.1 Å². The third kappa shape index (κ3) is 5.33. The second kappa shape index (κ2) is 7.89. The van der Waals surface area contributed by atoms with E-state index < -0.39 is 0 Å². The summed E-state index contributed by atoms with van der Waals surface area (Å²) in [4.78, 5) is 2.46. The molecule has 1 atom stereocenters. The van der Waals surface area contributed by atoms with E-state index in [1.807, 2.05) is 0 Å². The summed E-state index contributed by atoms with van der Waals surface area (Å²) in [5, 5.41) is 3.54. The standard InChI is InChI=1S/C13H26N2/c1-3-15(4-2)12-11-14-10-9-13-7-5-6-8-13/h5,7,13-14H,3-4,6,8-12H2,1-2H3. The summed E-state index contributed by atoms with van der Waals surface area (Å²) < 4.78 is 0. The number of likely N-dealkylation sites (N-methyl/N-ethyl adjacent to an activating group) is 1. The lowest BCUT2D eigenvalue weighted by Gasteiger charge is -2.18. The first kappa shape index (κ1) is 12.7. The SMILES string of the molecule is CCN(CC)CCNCCC1C=CCC1. The van der Waals surface area contributed by atoms with Gasteiger partial charge in [0.2, 0.25) is 0 Å². The predicted octanol–water partition coefficient (Wildman–Crippen LogP) is 2.27. The zero-order valence-corrected chi connectivity index (χ0v) is 10.3. The van der Waals surface area contributed by atoms with Crippen LogP contribution < -0.4 is 5.32 Å². The summed E-state index contributed by atoms with van der Waals surface area (Å²) in [5.74, 6) is 0.853. The maximum atomic E-state index is 3.54. The first-order valence-electron chi connectivity index (χ1n) is 6.46. The summed E-state index contributed by atoms with van der Waals surface area (Å²) >= 11 is 0. The quantitative estimate of drug-likeness (QED) is 0.488. The van der Waals surface area contributed by atoms with E-state index in [4.69, 9.17) is 0 Å². The van der Waals surface area contributed by atoms with Gasteiger partial charge >= 0.3 is 0 Å². The molecule has 0 aromatic rings. The molecule has 15 heavy (non-hydrogen) atoms. The minimum Gasteiger partial charge on any atom is -0.315 e. The maximum Gasteiger partial charge on any atom is 0.0107 e. The molecule has 2 heteroatoms. The highest BCUT2D eigenvalue weighted by atomic mass is 15.1. The van der Waals surface area contributed by atoms with Gasteiger partial charge in [0, 0.05) is 13.1 Å². The van der Waals surface area contributed by atoms with E-state index in [1.54, 1.807) is 0 Å². The second-order valence-corrected chi connectivity index (χ2v) is 4.33. The molecule has 88 valence electrons. The van der Waals surface area contributed by atoms with Gasteiger partial charge in [-0.15, -0.1) is 0 Å². The molecule has 0 spiro atoms. The van der Waals surface area contributed by atoms with Crippen LogP contribution in [-0.4, -0.2) is 37.6 Å². The third-order valence-corrected chi connectivity index (χ3v) is 3.30. The summed E-state index contributed by atoms with van der Waals surface area (Å²) in [5.41, 5.74) is 0. The minimum absolute atomic E-state index is 0.853. The molecule has 0 amide bonds. The Kier molecular flexibility index (Phi) is 6.69. The topological polar surface area (TPSA) is 15.3 Å². The molecule has 1 aliphatic rings. The lowest BCUT2D eigenvalue weighted by atomic mass is 10.1. The number of hydrogen-bond donors (Lipinski definition) is 1. The van der Waals surface area contributed by atoms with E-state index in [0.29, 0.717) is 0 Å². The fraction of sp³-hybridized carbons (Fsp3) is 0.846. The van der Waals surface area contributed by atoms with Crippen LogP contribution in [0.2, 0.25) is 0 Å². The van der Waals surface area contributed by atoms with Crippen molar-refractivity contribution in [1.82, 2.24) is 10.2 Å². The molecule has 0 aromatic carbocycles. The van der Waals surface area contributed by atoms with Gasteiger partial charge < -0.3 is 10.2 Å². The third-order valence-electron chi connectivity index (χ3n) is 3.30. The van der Waals surface area contributed by atoms with Crippen LogP contribution in [0.4, 0.5) is 0 Å². The number of allylic oxidation sites excluding steroid dienone is 2. The number of hydrogen-bond acceptors (Lipinski definition) is 2. The average molecular weight is 210 g/mol. The Morgan fingerprint density at radius 2 is 2.07 bits per heavy atom. The van der Waals surface area contributed by atoms with Gasteiger partial charge in [0.1, 0.15) is 0 Å². The number of nitrogens with one attached hydrogen (secondary N) is 1. The van der Waals surface area contributed by atoms with Crippen LogP contribution in [-0.2, 0) is 0 Å². The van der Waals surface area contributed by atoms with Crippen molar-refractivity contribution in [2.75, 3.05) is 32.7 Å². The van der Waals surface area contributed by atoms with Gasteiger partial charge in [0.15, 0.2) is 0 Å². The molecular formula is C13H26N2. The van der Waals surface area contributed by atoms with Crippen LogP contribution in [0, 0.1) is 5.92 Å². The normalized spacial score (nSPS) is 20.3. The van der Waals surface area contributed by atoms with Crippen LogP contribution in [0.15, 0.2) is 12.2 Å². The van der Waals surface area contributed by atoms with Gasteiger partial charge in [-0.3, -0.25) is 0 Å². The van der Waals surface area contributed by atoms with Gasteiger partial charge in [-0.1, -0.05) is 26.0 Å². The molecule has 0 aromatic heterocycles. The van der Waals surface area contributed by atoms with Crippen molar-refractivity contribution < 1.29 is 0 Å². The van der Waals surface area contributed by atoms with Gasteiger partial charge in [0.05, 0.1) is 0 Å². The van der Waals surface area contributed by atoms with E-state index >= 15 is 0 Å². The zero-order valence-electron chi connectivity index (χ0n) is 10.3. The van der Waals surface area contributed by atoms with Crippen molar-refractivity contribution in [3.63, 3.8) is 0 Å². The highest BCUT2D eigenvalue weighted by Crippen LogP contribution is 2.19. The molecule has 0 saturated heterocycles. The number of nitrogens with zero attached hydrogens (tertiary/aromatic N) is 1. The number of rotatable bonds is 8. The zero-order chi connectivity index (χ0) is 10.9. The Labute approximate surface area is 94.7 Å². The highest BCUT2D eigenvalue weighted by Gasteiger charge is 2.07. The molecule has 0 saturated carbocycles. The largest absolute Gasteiger partial charge is 0.315 e. The van der Waals surface area contributed by atoms with E-state index in [0.717, 1.165) is 12.5 Å². The summed E-state index contributed by atoms with van der Waals surface area (Å²) in [7, 11) is 0. The molecular weight excluding hydrogens is 184 g/mol. The molecule has 1 unspecified atom stereocenters. The van der Waals surface area contributed by atoms with E-state index in [1.165, 1.54) is 45.4 Å². The highest BCUT2D eigenvalue weighted by molar-refractivity contribution is 4.95. The molecule has 1 aliphatic carbocycles. The van der Waals surface area contributed by atoms with Crippen LogP contribution >= 0.6 is 0 Å². The smallest absolute Gasteiger partial charge is 0.0107 e. The summed E-state index contributed by atoms with van der Waals surface area (Å²) in [6, 6.07) is 0. The first-order chi connectivity index (χ1) is 7.36. The van der Waals surface area contributed by atoms with Gasteiger partial charge in [-0.05, 0) is 44.8 Å². The van der Waals surface area contributed by atoms with Crippen molar-refractivity contribution >= 4 is 0 Å². The van der Waals surface area contributed by atoms with Crippen LogP contribution in [0.25, 0.3) is 0 Å². The molecule has 2 nitrogen and oxygen atoms in total. The fourth-order valence-corrected chi connectivity index (χ4v) is 2.13. The van der Waals surface area contributed by atoms with Crippen LogP contribution in [0.3, 0.4) is 0 Å². The Morgan fingerprint density at radius 1 is 1.27 bits per heavy atom. The van der Waals surface area contributed by atoms with Crippen molar-refractivity contribution in [2.24, 2.45) is 5.92 Å².